The van der Waals surface area contributed by atoms with E-state index in [0.717, 1.165) is 25.8 Å². The van der Waals surface area contributed by atoms with Crippen molar-refractivity contribution in [3.05, 3.63) is 46.2 Å². The van der Waals surface area contributed by atoms with Crippen molar-refractivity contribution in [1.82, 2.24) is 14.7 Å². The van der Waals surface area contributed by atoms with E-state index in [1.165, 1.54) is 17.1 Å². The molecule has 2 aromatic heterocycles. The van der Waals surface area contributed by atoms with Crippen molar-refractivity contribution in [2.75, 3.05) is 6.54 Å². The SMILES string of the molecule is C[C@@H]1CCCCN1C(=O)c1ccc(Cn2cc([N+](=O)[O-])cn2)o1. The molecule has 0 N–H and O–H groups in total. The summed E-state index contributed by atoms with van der Waals surface area (Å²) in [5.41, 5.74) is -0.0741. The Bertz CT molecular complexity index is 721. The number of aromatic nitrogens is 2. The van der Waals surface area contributed by atoms with Gasteiger partial charge < -0.3 is 9.32 Å². The molecule has 1 amide bonds. The zero-order valence-corrected chi connectivity index (χ0v) is 12.8. The Morgan fingerprint density at radius 2 is 2.30 bits per heavy atom. The highest BCUT2D eigenvalue weighted by atomic mass is 16.6. The van der Waals surface area contributed by atoms with E-state index in [1.54, 1.807) is 12.1 Å². The van der Waals surface area contributed by atoms with Crippen LogP contribution in [-0.2, 0) is 6.54 Å². The normalized spacial score (nSPS) is 18.1. The van der Waals surface area contributed by atoms with E-state index in [-0.39, 0.29) is 24.2 Å². The Balaban J connectivity index is 1.69. The van der Waals surface area contributed by atoms with Crippen LogP contribution in [0, 0.1) is 10.1 Å². The molecule has 0 aromatic carbocycles. The van der Waals surface area contributed by atoms with E-state index in [9.17, 15) is 14.9 Å². The fraction of sp³-hybridized carbons (Fsp3) is 0.467. The van der Waals surface area contributed by atoms with Crippen molar-refractivity contribution in [2.24, 2.45) is 0 Å². The van der Waals surface area contributed by atoms with Crippen LogP contribution in [0.3, 0.4) is 0 Å². The van der Waals surface area contributed by atoms with Crippen molar-refractivity contribution < 1.29 is 14.1 Å². The summed E-state index contributed by atoms with van der Waals surface area (Å²) in [6, 6.07) is 3.57. The molecule has 1 aliphatic rings. The van der Waals surface area contributed by atoms with Crippen LogP contribution in [0.4, 0.5) is 5.69 Å². The lowest BCUT2D eigenvalue weighted by Crippen LogP contribution is -2.41. The van der Waals surface area contributed by atoms with Crippen LogP contribution >= 0.6 is 0 Å². The fourth-order valence-electron chi connectivity index (χ4n) is 2.81. The van der Waals surface area contributed by atoms with Crippen molar-refractivity contribution in [1.29, 1.82) is 0 Å². The smallest absolute Gasteiger partial charge is 0.307 e. The number of nitro groups is 1. The first-order chi connectivity index (χ1) is 11.0. The van der Waals surface area contributed by atoms with Gasteiger partial charge in [0.05, 0.1) is 11.5 Å². The number of carbonyl (C=O) groups is 1. The molecule has 1 fully saturated rings. The molecule has 1 atom stereocenters. The van der Waals surface area contributed by atoms with Gasteiger partial charge in [-0.2, -0.15) is 5.10 Å². The number of nitrogens with zero attached hydrogens (tertiary/aromatic N) is 4. The van der Waals surface area contributed by atoms with Gasteiger partial charge in [-0.3, -0.25) is 19.6 Å². The highest BCUT2D eigenvalue weighted by Gasteiger charge is 2.26. The van der Waals surface area contributed by atoms with Gasteiger partial charge in [-0.25, -0.2) is 0 Å². The second kappa shape index (κ2) is 6.23. The number of rotatable bonds is 4. The van der Waals surface area contributed by atoms with Crippen LogP contribution in [0.1, 0.15) is 42.5 Å². The second-order valence-electron chi connectivity index (χ2n) is 5.76. The first-order valence-corrected chi connectivity index (χ1v) is 7.61. The molecule has 8 heteroatoms. The van der Waals surface area contributed by atoms with Gasteiger partial charge in [0, 0.05) is 12.6 Å². The maximum absolute atomic E-state index is 12.5. The van der Waals surface area contributed by atoms with Crippen LogP contribution in [0.2, 0.25) is 0 Å². The fourth-order valence-corrected chi connectivity index (χ4v) is 2.81. The van der Waals surface area contributed by atoms with Gasteiger partial charge in [-0.05, 0) is 38.3 Å². The van der Waals surface area contributed by atoms with Crippen LogP contribution < -0.4 is 0 Å². The third-order valence-corrected chi connectivity index (χ3v) is 4.08. The van der Waals surface area contributed by atoms with Crippen LogP contribution in [0.25, 0.3) is 0 Å². The first kappa shape index (κ1) is 15.3. The third kappa shape index (κ3) is 3.25. The van der Waals surface area contributed by atoms with Crippen LogP contribution in [0.15, 0.2) is 28.9 Å². The molecule has 122 valence electrons. The predicted octanol–water partition coefficient (Wildman–Crippen LogP) is 2.45. The summed E-state index contributed by atoms with van der Waals surface area (Å²) in [6.45, 7) is 3.04. The predicted molar refractivity (Wildman–Crippen MR) is 81.0 cm³/mol. The molecule has 0 aliphatic carbocycles. The minimum atomic E-state index is -0.502. The lowest BCUT2D eigenvalue weighted by atomic mass is 10.0. The number of piperidine rings is 1. The first-order valence-electron chi connectivity index (χ1n) is 7.61. The summed E-state index contributed by atoms with van der Waals surface area (Å²) in [7, 11) is 0. The quantitative estimate of drug-likeness (QED) is 0.637. The summed E-state index contributed by atoms with van der Waals surface area (Å²) < 4.78 is 7.01. The molecule has 2 aromatic rings. The molecule has 0 radical (unpaired) electrons. The van der Waals surface area contributed by atoms with Crippen molar-refractivity contribution in [2.45, 2.75) is 38.8 Å². The summed E-state index contributed by atoms with van der Waals surface area (Å²) in [5.74, 6) is 0.737. The number of hydrogen-bond donors (Lipinski definition) is 0. The molecule has 1 saturated heterocycles. The van der Waals surface area contributed by atoms with Crippen molar-refractivity contribution in [3.8, 4) is 0 Å². The molecule has 0 spiro atoms. The highest BCUT2D eigenvalue weighted by Crippen LogP contribution is 2.20. The van der Waals surface area contributed by atoms with E-state index in [2.05, 4.69) is 5.10 Å². The molecule has 3 rings (SSSR count). The van der Waals surface area contributed by atoms with Gasteiger partial charge in [0.25, 0.3) is 5.91 Å². The third-order valence-electron chi connectivity index (χ3n) is 4.08. The monoisotopic (exact) mass is 318 g/mol. The second-order valence-corrected chi connectivity index (χ2v) is 5.76. The number of amides is 1. The van der Waals surface area contributed by atoms with Gasteiger partial charge in [-0.1, -0.05) is 0 Å². The molecular formula is C15H18N4O4. The minimum Gasteiger partial charge on any atom is -0.454 e. The number of carbonyl (C=O) groups excluding carboxylic acids is 1. The Labute approximate surface area is 132 Å². The summed E-state index contributed by atoms with van der Waals surface area (Å²) in [6.07, 6.45) is 5.68. The number of likely N-dealkylation sites (tertiary alicyclic amines) is 1. The molecule has 1 aliphatic heterocycles. The Morgan fingerprint density at radius 1 is 1.48 bits per heavy atom. The maximum atomic E-state index is 12.5. The molecule has 0 bridgehead atoms. The Hall–Kier alpha value is -2.64. The minimum absolute atomic E-state index is 0.0741. The average molecular weight is 318 g/mol. The number of hydrogen-bond acceptors (Lipinski definition) is 5. The average Bonchev–Trinajstić information content (AvgIpc) is 3.17. The number of furan rings is 1. The van der Waals surface area contributed by atoms with E-state index < -0.39 is 4.92 Å². The molecule has 3 heterocycles. The topological polar surface area (TPSA) is 94.4 Å². The largest absolute Gasteiger partial charge is 0.454 e. The van der Waals surface area contributed by atoms with Crippen LogP contribution in [0.5, 0.6) is 0 Å². The molecule has 0 unspecified atom stereocenters. The lowest BCUT2D eigenvalue weighted by Gasteiger charge is -2.32. The van der Waals surface area contributed by atoms with Crippen molar-refractivity contribution >= 4 is 11.6 Å². The molecular weight excluding hydrogens is 300 g/mol. The summed E-state index contributed by atoms with van der Waals surface area (Å²) in [5, 5.41) is 14.6. The van der Waals surface area contributed by atoms with Gasteiger partial charge in [0.15, 0.2) is 5.76 Å². The summed E-state index contributed by atoms with van der Waals surface area (Å²) >= 11 is 0. The van der Waals surface area contributed by atoms with Gasteiger partial charge in [0.2, 0.25) is 0 Å². The van der Waals surface area contributed by atoms with E-state index >= 15 is 0 Å². The van der Waals surface area contributed by atoms with E-state index in [0.29, 0.717) is 11.5 Å². The maximum Gasteiger partial charge on any atom is 0.307 e. The standard InChI is InChI=1S/C15H18N4O4/c1-11-4-2-3-7-18(11)15(20)14-6-5-13(23-14)10-17-9-12(8-16-17)19(21)22/h5-6,8-9,11H,2-4,7,10H2,1H3/t11-/m1/s1. The Morgan fingerprint density at radius 3 is 3.00 bits per heavy atom. The van der Waals surface area contributed by atoms with Gasteiger partial charge in [0.1, 0.15) is 18.2 Å². The molecule has 8 nitrogen and oxygen atoms in total. The van der Waals surface area contributed by atoms with Crippen molar-refractivity contribution in [3.63, 3.8) is 0 Å². The van der Waals surface area contributed by atoms with Gasteiger partial charge >= 0.3 is 5.69 Å². The van der Waals surface area contributed by atoms with Gasteiger partial charge in [-0.15, -0.1) is 0 Å². The molecule has 23 heavy (non-hydrogen) atoms. The summed E-state index contributed by atoms with van der Waals surface area (Å²) in [4.78, 5) is 24.5. The highest BCUT2D eigenvalue weighted by molar-refractivity contribution is 5.91. The van der Waals surface area contributed by atoms with E-state index in [1.807, 2.05) is 11.8 Å². The zero-order chi connectivity index (χ0) is 16.4. The zero-order valence-electron chi connectivity index (χ0n) is 12.8. The molecule has 0 saturated carbocycles. The van der Waals surface area contributed by atoms with Crippen LogP contribution in [-0.4, -0.2) is 38.1 Å². The van der Waals surface area contributed by atoms with E-state index in [4.69, 9.17) is 4.42 Å². The Kier molecular flexibility index (Phi) is 4.14. The lowest BCUT2D eigenvalue weighted by molar-refractivity contribution is -0.385.